The van der Waals surface area contributed by atoms with E-state index in [9.17, 15) is 14.4 Å². The number of amides is 3. The maximum Gasteiger partial charge on any atom is 0.407 e. The van der Waals surface area contributed by atoms with E-state index < -0.39 is 24.3 Å². The van der Waals surface area contributed by atoms with Crippen molar-refractivity contribution in [2.45, 2.75) is 75.9 Å². The molecule has 0 bridgehead atoms. The predicted molar refractivity (Wildman–Crippen MR) is 194 cm³/mol. The largest absolute Gasteiger partial charge is 0.453 e. The van der Waals surface area contributed by atoms with E-state index in [2.05, 4.69) is 32.1 Å². The van der Waals surface area contributed by atoms with E-state index in [4.69, 9.17) is 24.9 Å². The van der Waals surface area contributed by atoms with E-state index in [-0.39, 0.29) is 30.0 Å². The fourth-order valence-corrected chi connectivity index (χ4v) is 6.84. The molecule has 4 aromatic rings. The zero-order valence-electron chi connectivity index (χ0n) is 30.1. The minimum absolute atomic E-state index is 0.130. The van der Waals surface area contributed by atoms with Crippen molar-refractivity contribution in [1.29, 1.82) is 0 Å². The number of carbonyl (C=O) groups is 3. The van der Waals surface area contributed by atoms with Crippen LogP contribution in [0.3, 0.4) is 0 Å². The number of fused-ring (bicyclic) bond motifs is 1. The summed E-state index contributed by atoms with van der Waals surface area (Å²) < 4.78 is 15.4. The fourth-order valence-electron chi connectivity index (χ4n) is 6.84. The van der Waals surface area contributed by atoms with Crippen LogP contribution in [0, 0.1) is 11.8 Å². The van der Waals surface area contributed by atoms with Gasteiger partial charge in [-0.15, -0.1) is 0 Å². The number of carbonyl (C=O) groups excluding carboxylic acids is 3. The average molecular weight is 711 g/mol. The second-order valence-corrected chi connectivity index (χ2v) is 13.3. The van der Waals surface area contributed by atoms with Crippen LogP contribution in [-0.4, -0.2) is 106 Å². The summed E-state index contributed by atoms with van der Waals surface area (Å²) in [5.41, 5.74) is 11.2. The summed E-state index contributed by atoms with van der Waals surface area (Å²) in [5.74, 6) is 7.54. The standard InChI is InChI=1S/C38H46N8O6/c1-22(50-3)32(39)36(47)45-18-6-8-30(45)34-40-21-29(43-34)26-15-12-24(13-16-26)10-11-25-14-17-27-28(20-25)42-35(41-27)31-9-7-19-46(31)37(48)33(23(2)51-4)44-38(49)52-5/h12-17,20-23,30-33H,6-9,18-19,39H2,1-5H3,(H,40,43)(H,41,42)(H,44,49)/t22-,23-,30+,31+,32+,33+/m1/s1. The molecule has 2 aromatic heterocycles. The first-order valence-electron chi connectivity index (χ1n) is 17.6. The van der Waals surface area contributed by atoms with Crippen LogP contribution in [-0.2, 0) is 23.8 Å². The number of aromatic amines is 2. The first-order valence-corrected chi connectivity index (χ1v) is 17.6. The number of nitrogens with two attached hydrogens (primary N) is 1. The Kier molecular flexibility index (Phi) is 11.2. The van der Waals surface area contributed by atoms with Crippen molar-refractivity contribution in [2.75, 3.05) is 34.4 Å². The fraction of sp³-hybridized carbons (Fsp3) is 0.447. The van der Waals surface area contributed by atoms with E-state index in [1.54, 1.807) is 37.0 Å². The molecule has 6 rings (SSSR count). The SMILES string of the molecule is COC(=O)N[C@H](C(=O)N1CCC[C@H]1c1nc2ccc(C#Cc3ccc(-c4cnc([C@@H]5CCCN5C(=O)[C@@H](N)[C@@H](C)OC)[nH]4)cc3)cc2[nH]1)[C@@H](C)OC. The molecule has 5 N–H and O–H groups in total. The Morgan fingerprint density at radius 2 is 1.50 bits per heavy atom. The summed E-state index contributed by atoms with van der Waals surface area (Å²) in [4.78, 5) is 58.5. The Bertz CT molecular complexity index is 1960. The number of methoxy groups -OCH3 is 3. The lowest BCUT2D eigenvalue weighted by Gasteiger charge is -2.30. The number of imidazole rings is 2. The number of alkyl carbamates (subject to hydrolysis) is 1. The van der Waals surface area contributed by atoms with Gasteiger partial charge in [-0.2, -0.15) is 0 Å². The molecule has 0 spiro atoms. The van der Waals surface area contributed by atoms with E-state index in [1.807, 2.05) is 42.5 Å². The molecule has 274 valence electrons. The number of H-pyrrole nitrogens is 2. The van der Waals surface area contributed by atoms with Gasteiger partial charge >= 0.3 is 6.09 Å². The van der Waals surface area contributed by atoms with Crippen LogP contribution in [0.15, 0.2) is 48.7 Å². The number of aromatic nitrogens is 4. The van der Waals surface area contributed by atoms with Crippen molar-refractivity contribution < 1.29 is 28.6 Å². The average Bonchev–Trinajstić information content (AvgIpc) is 4.00. The third-order valence-electron chi connectivity index (χ3n) is 10.1. The Morgan fingerprint density at radius 3 is 2.17 bits per heavy atom. The minimum Gasteiger partial charge on any atom is -0.453 e. The lowest BCUT2D eigenvalue weighted by atomic mass is 10.1. The predicted octanol–water partition coefficient (Wildman–Crippen LogP) is 3.80. The molecule has 0 saturated carbocycles. The smallest absolute Gasteiger partial charge is 0.407 e. The van der Waals surface area contributed by atoms with Gasteiger partial charge in [0.2, 0.25) is 11.8 Å². The molecule has 2 aliphatic rings. The summed E-state index contributed by atoms with van der Waals surface area (Å²) in [7, 11) is 4.31. The Morgan fingerprint density at radius 1 is 0.865 bits per heavy atom. The molecule has 52 heavy (non-hydrogen) atoms. The van der Waals surface area contributed by atoms with Gasteiger partial charge in [0, 0.05) is 38.4 Å². The van der Waals surface area contributed by atoms with Crippen LogP contribution in [0.4, 0.5) is 4.79 Å². The molecule has 0 aliphatic carbocycles. The number of ether oxygens (including phenoxy) is 3. The van der Waals surface area contributed by atoms with E-state index in [1.165, 1.54) is 14.2 Å². The molecule has 2 saturated heterocycles. The van der Waals surface area contributed by atoms with Gasteiger partial charge in [-0.25, -0.2) is 14.8 Å². The maximum atomic E-state index is 13.6. The lowest BCUT2D eigenvalue weighted by molar-refractivity contribution is -0.138. The van der Waals surface area contributed by atoms with Crippen LogP contribution in [0.5, 0.6) is 0 Å². The van der Waals surface area contributed by atoms with Crippen LogP contribution in [0.2, 0.25) is 0 Å². The number of rotatable bonds is 10. The first-order chi connectivity index (χ1) is 25.1. The van der Waals surface area contributed by atoms with Crippen molar-refractivity contribution in [3.05, 3.63) is 71.4 Å². The molecule has 3 amide bonds. The van der Waals surface area contributed by atoms with Gasteiger partial charge in [-0.1, -0.05) is 24.0 Å². The van der Waals surface area contributed by atoms with Gasteiger partial charge in [0.1, 0.15) is 23.7 Å². The third-order valence-corrected chi connectivity index (χ3v) is 10.1. The number of hydrogen-bond acceptors (Lipinski definition) is 9. The van der Waals surface area contributed by atoms with E-state index in [0.717, 1.165) is 64.9 Å². The van der Waals surface area contributed by atoms with Crippen molar-refractivity contribution in [2.24, 2.45) is 5.73 Å². The molecule has 6 atom stereocenters. The summed E-state index contributed by atoms with van der Waals surface area (Å²) in [6.45, 7) is 4.71. The van der Waals surface area contributed by atoms with Crippen LogP contribution < -0.4 is 11.1 Å². The summed E-state index contributed by atoms with van der Waals surface area (Å²) in [5, 5.41) is 2.62. The van der Waals surface area contributed by atoms with Gasteiger partial charge in [-0.3, -0.25) is 9.59 Å². The highest BCUT2D eigenvalue weighted by Gasteiger charge is 2.39. The third kappa shape index (κ3) is 7.67. The van der Waals surface area contributed by atoms with Crippen molar-refractivity contribution in [3.63, 3.8) is 0 Å². The molecular weight excluding hydrogens is 664 g/mol. The summed E-state index contributed by atoms with van der Waals surface area (Å²) in [6.07, 6.45) is 3.41. The summed E-state index contributed by atoms with van der Waals surface area (Å²) >= 11 is 0. The number of nitrogens with one attached hydrogen (secondary N) is 3. The molecule has 14 nitrogen and oxygen atoms in total. The van der Waals surface area contributed by atoms with Gasteiger partial charge in [-0.05, 0) is 75.4 Å². The second kappa shape index (κ2) is 16.0. The topological polar surface area (TPSA) is 181 Å². The van der Waals surface area contributed by atoms with Crippen LogP contribution >= 0.6 is 0 Å². The van der Waals surface area contributed by atoms with Crippen LogP contribution in [0.1, 0.15) is 74.4 Å². The second-order valence-electron chi connectivity index (χ2n) is 13.3. The minimum atomic E-state index is -0.898. The first kappa shape index (κ1) is 36.6. The number of nitrogens with zero attached hydrogens (tertiary/aromatic N) is 4. The monoisotopic (exact) mass is 710 g/mol. The highest BCUT2D eigenvalue weighted by molar-refractivity contribution is 5.87. The van der Waals surface area contributed by atoms with Gasteiger partial charge in [0.25, 0.3) is 0 Å². The normalized spacial score (nSPS) is 19.5. The quantitative estimate of drug-likeness (QED) is 0.178. The highest BCUT2D eigenvalue weighted by atomic mass is 16.5. The molecule has 4 heterocycles. The van der Waals surface area contributed by atoms with Crippen molar-refractivity contribution in [3.8, 4) is 23.1 Å². The van der Waals surface area contributed by atoms with Crippen molar-refractivity contribution in [1.82, 2.24) is 35.1 Å². The van der Waals surface area contributed by atoms with Gasteiger partial charge in [0.15, 0.2) is 0 Å². The molecule has 2 aromatic carbocycles. The summed E-state index contributed by atoms with van der Waals surface area (Å²) in [6, 6.07) is 11.7. The Hall–Kier alpha value is -5.23. The molecule has 14 heteroatoms. The van der Waals surface area contributed by atoms with Crippen LogP contribution in [0.25, 0.3) is 22.3 Å². The zero-order valence-corrected chi connectivity index (χ0v) is 30.1. The zero-order chi connectivity index (χ0) is 36.9. The Labute approximate surface area is 302 Å². The maximum absolute atomic E-state index is 13.6. The molecular formula is C38H46N8O6. The lowest BCUT2D eigenvalue weighted by Crippen LogP contribution is -2.54. The molecule has 2 fully saturated rings. The van der Waals surface area contributed by atoms with E-state index in [0.29, 0.717) is 18.9 Å². The number of hydrogen-bond donors (Lipinski definition) is 4. The highest BCUT2D eigenvalue weighted by Crippen LogP contribution is 2.34. The van der Waals surface area contributed by atoms with Gasteiger partial charge < -0.3 is 45.0 Å². The molecule has 0 radical (unpaired) electrons. The number of benzene rings is 2. The molecule has 2 aliphatic heterocycles. The molecule has 0 unspecified atom stereocenters. The number of likely N-dealkylation sites (tertiary alicyclic amines) is 2. The van der Waals surface area contributed by atoms with Crippen molar-refractivity contribution >= 4 is 28.9 Å². The Balaban J connectivity index is 1.13. The van der Waals surface area contributed by atoms with E-state index >= 15 is 0 Å². The van der Waals surface area contributed by atoms with Gasteiger partial charge in [0.05, 0.1) is 54.3 Å².